The van der Waals surface area contributed by atoms with E-state index in [1.54, 1.807) is 6.07 Å². The smallest absolute Gasteiger partial charge is 0.250 e. The molecule has 17 heavy (non-hydrogen) atoms. The summed E-state index contributed by atoms with van der Waals surface area (Å²) in [5.74, 6) is 0.780. The van der Waals surface area contributed by atoms with Crippen LogP contribution in [-0.2, 0) is 0 Å². The van der Waals surface area contributed by atoms with Crippen molar-refractivity contribution in [2.24, 2.45) is 0 Å². The summed E-state index contributed by atoms with van der Waals surface area (Å²) in [6, 6.07) is 3.62. The number of rotatable bonds is 2. The lowest BCUT2D eigenvalue weighted by Gasteiger charge is -2.37. The average molecular weight is 291 g/mol. The van der Waals surface area contributed by atoms with E-state index in [4.69, 9.17) is 27.6 Å². The van der Waals surface area contributed by atoms with Gasteiger partial charge in [-0.3, -0.25) is 0 Å². The summed E-state index contributed by atoms with van der Waals surface area (Å²) < 4.78 is 6.23. The maximum Gasteiger partial charge on any atom is 0.250 e. The van der Waals surface area contributed by atoms with Crippen LogP contribution in [0, 0.1) is 6.92 Å². The van der Waals surface area contributed by atoms with E-state index in [9.17, 15) is 0 Å². The maximum atomic E-state index is 6.23. The number of hydrogen-bond acceptors (Lipinski definition) is 1. The number of halogens is 2. The second kappa shape index (κ2) is 4.83. The molecule has 0 saturated carbocycles. The van der Waals surface area contributed by atoms with E-state index < -0.39 is 8.32 Å². The first kappa shape index (κ1) is 14.9. The largest absolute Gasteiger partial charge is 0.542 e. The number of aryl methyl sites for hydroxylation is 1. The third-order valence-corrected chi connectivity index (χ3v) is 8.18. The zero-order chi connectivity index (χ0) is 13.4. The Hall–Kier alpha value is -0.183. The van der Waals surface area contributed by atoms with Gasteiger partial charge in [-0.15, -0.1) is 0 Å². The third kappa shape index (κ3) is 3.40. The van der Waals surface area contributed by atoms with E-state index in [1.165, 1.54) is 0 Å². The van der Waals surface area contributed by atoms with Crippen molar-refractivity contribution in [1.29, 1.82) is 0 Å². The van der Waals surface area contributed by atoms with Crippen molar-refractivity contribution in [3.05, 3.63) is 27.7 Å². The molecular formula is C13H20Cl2OSi. The third-order valence-electron chi connectivity index (χ3n) is 3.36. The molecule has 0 fully saturated rings. The van der Waals surface area contributed by atoms with Crippen molar-refractivity contribution >= 4 is 31.5 Å². The van der Waals surface area contributed by atoms with Crippen molar-refractivity contribution in [2.45, 2.75) is 45.8 Å². The van der Waals surface area contributed by atoms with Gasteiger partial charge in [0.25, 0.3) is 8.32 Å². The fourth-order valence-corrected chi connectivity index (χ4v) is 3.01. The van der Waals surface area contributed by atoms with Gasteiger partial charge in [0.15, 0.2) is 0 Å². The van der Waals surface area contributed by atoms with Crippen LogP contribution in [0.25, 0.3) is 0 Å². The van der Waals surface area contributed by atoms with Crippen LogP contribution in [0.3, 0.4) is 0 Å². The summed E-state index contributed by atoms with van der Waals surface area (Å²) in [6.45, 7) is 13.0. The summed E-state index contributed by atoms with van der Waals surface area (Å²) in [5, 5.41) is 1.40. The lowest BCUT2D eigenvalue weighted by Crippen LogP contribution is -2.44. The van der Waals surface area contributed by atoms with Gasteiger partial charge in [-0.05, 0) is 42.8 Å². The van der Waals surface area contributed by atoms with Crippen LogP contribution in [0.2, 0.25) is 28.2 Å². The first-order chi connectivity index (χ1) is 7.54. The molecular weight excluding hydrogens is 271 g/mol. The van der Waals surface area contributed by atoms with Gasteiger partial charge in [0.05, 0.1) is 5.02 Å². The molecule has 1 aromatic carbocycles. The number of hydrogen-bond donors (Lipinski definition) is 0. The molecule has 4 heteroatoms. The molecule has 0 radical (unpaired) electrons. The molecule has 1 rings (SSSR count). The second-order valence-corrected chi connectivity index (χ2v) is 11.5. The first-order valence-corrected chi connectivity index (χ1v) is 9.36. The summed E-state index contributed by atoms with van der Waals surface area (Å²) >= 11 is 12.2. The highest BCUT2D eigenvalue weighted by Crippen LogP contribution is 2.41. The van der Waals surface area contributed by atoms with Crippen molar-refractivity contribution < 1.29 is 4.43 Å². The maximum absolute atomic E-state index is 6.23. The predicted molar refractivity (Wildman–Crippen MR) is 79.0 cm³/mol. The fourth-order valence-electron chi connectivity index (χ4n) is 1.23. The SMILES string of the molecule is Cc1cc(Cl)cc(Cl)c1O[Si](C)(C)C(C)(C)C. The summed E-state index contributed by atoms with van der Waals surface area (Å²) in [6.07, 6.45) is 0. The Kier molecular flexibility index (Phi) is 4.23. The average Bonchev–Trinajstić information content (AvgIpc) is 2.09. The molecule has 96 valence electrons. The Bertz CT molecular complexity index is 399. The molecule has 0 bridgehead atoms. The van der Waals surface area contributed by atoms with E-state index in [0.717, 1.165) is 11.3 Å². The van der Waals surface area contributed by atoms with Gasteiger partial charge in [-0.1, -0.05) is 44.0 Å². The van der Waals surface area contributed by atoms with Crippen LogP contribution in [0.1, 0.15) is 26.3 Å². The molecule has 0 aliphatic heterocycles. The van der Waals surface area contributed by atoms with Gasteiger partial charge in [0.2, 0.25) is 0 Å². The zero-order valence-electron chi connectivity index (χ0n) is 11.3. The topological polar surface area (TPSA) is 9.23 Å². The quantitative estimate of drug-likeness (QED) is 0.636. The highest BCUT2D eigenvalue weighted by Gasteiger charge is 2.39. The summed E-state index contributed by atoms with van der Waals surface area (Å²) in [7, 11) is -1.85. The van der Waals surface area contributed by atoms with Crippen molar-refractivity contribution in [3.63, 3.8) is 0 Å². The normalized spacial score (nSPS) is 12.7. The van der Waals surface area contributed by atoms with Crippen LogP contribution in [-0.4, -0.2) is 8.32 Å². The van der Waals surface area contributed by atoms with Gasteiger partial charge in [-0.25, -0.2) is 0 Å². The number of benzene rings is 1. The van der Waals surface area contributed by atoms with E-state index in [-0.39, 0.29) is 5.04 Å². The molecule has 0 spiro atoms. The summed E-state index contributed by atoms with van der Waals surface area (Å²) in [5.41, 5.74) is 0.993. The van der Waals surface area contributed by atoms with E-state index in [2.05, 4.69) is 33.9 Å². The van der Waals surface area contributed by atoms with Crippen LogP contribution in [0.5, 0.6) is 5.75 Å². The molecule has 0 aliphatic rings. The monoisotopic (exact) mass is 290 g/mol. The highest BCUT2D eigenvalue weighted by atomic mass is 35.5. The van der Waals surface area contributed by atoms with E-state index in [1.807, 2.05) is 13.0 Å². The van der Waals surface area contributed by atoms with Crippen LogP contribution in [0.4, 0.5) is 0 Å². The second-order valence-electron chi connectivity index (χ2n) is 5.90. The minimum Gasteiger partial charge on any atom is -0.542 e. The van der Waals surface area contributed by atoms with Crippen molar-refractivity contribution in [3.8, 4) is 5.75 Å². The lowest BCUT2D eigenvalue weighted by molar-refractivity contribution is 0.489. The van der Waals surface area contributed by atoms with Crippen LogP contribution in [0.15, 0.2) is 12.1 Å². The Morgan fingerprint density at radius 1 is 1.12 bits per heavy atom. The molecule has 0 aliphatic carbocycles. The van der Waals surface area contributed by atoms with Gasteiger partial charge in [-0.2, -0.15) is 0 Å². The van der Waals surface area contributed by atoms with Crippen LogP contribution >= 0.6 is 23.2 Å². The molecule has 0 atom stereocenters. The molecule has 0 N–H and O–H groups in total. The molecule has 1 nitrogen and oxygen atoms in total. The zero-order valence-corrected chi connectivity index (χ0v) is 13.8. The van der Waals surface area contributed by atoms with Crippen molar-refractivity contribution in [2.75, 3.05) is 0 Å². The highest BCUT2D eigenvalue weighted by molar-refractivity contribution is 6.74. The molecule has 0 aromatic heterocycles. The standard InChI is InChI=1S/C13H20Cl2OSi/c1-9-7-10(14)8-11(15)12(9)16-17(5,6)13(2,3)4/h7-8H,1-6H3. The Morgan fingerprint density at radius 3 is 2.06 bits per heavy atom. The predicted octanol–water partition coefficient (Wildman–Crippen LogP) is 5.69. The van der Waals surface area contributed by atoms with Crippen molar-refractivity contribution in [1.82, 2.24) is 0 Å². The first-order valence-electron chi connectivity index (χ1n) is 5.69. The minimum absolute atomic E-state index is 0.155. The summed E-state index contributed by atoms with van der Waals surface area (Å²) in [4.78, 5) is 0. The van der Waals surface area contributed by atoms with E-state index >= 15 is 0 Å². The van der Waals surface area contributed by atoms with E-state index in [0.29, 0.717) is 10.0 Å². The Labute approximate surface area is 115 Å². The lowest BCUT2D eigenvalue weighted by atomic mass is 10.2. The Morgan fingerprint density at radius 2 is 1.65 bits per heavy atom. The van der Waals surface area contributed by atoms with Gasteiger partial charge < -0.3 is 4.43 Å². The van der Waals surface area contributed by atoms with Gasteiger partial charge in [0, 0.05) is 5.02 Å². The molecule has 1 aromatic rings. The molecule has 0 unspecified atom stereocenters. The van der Waals surface area contributed by atoms with Gasteiger partial charge >= 0.3 is 0 Å². The molecule has 0 saturated heterocycles. The fraction of sp³-hybridized carbons (Fsp3) is 0.538. The minimum atomic E-state index is -1.85. The molecule has 0 heterocycles. The van der Waals surface area contributed by atoms with Crippen LogP contribution < -0.4 is 4.43 Å². The molecule has 0 amide bonds. The van der Waals surface area contributed by atoms with Gasteiger partial charge in [0.1, 0.15) is 5.75 Å². The Balaban J connectivity index is 3.13.